The summed E-state index contributed by atoms with van der Waals surface area (Å²) in [4.78, 5) is 0. The van der Waals surface area contributed by atoms with Gasteiger partial charge in [0.2, 0.25) is 0 Å². The van der Waals surface area contributed by atoms with Gasteiger partial charge in [-0.15, -0.1) is 0 Å². The van der Waals surface area contributed by atoms with Crippen molar-refractivity contribution in [3.8, 4) is 11.5 Å². The van der Waals surface area contributed by atoms with Gasteiger partial charge in [0.05, 0.1) is 18.6 Å². The van der Waals surface area contributed by atoms with E-state index in [0.29, 0.717) is 0 Å². The van der Waals surface area contributed by atoms with Crippen LogP contribution in [0.1, 0.15) is 13.1 Å². The zero-order chi connectivity index (χ0) is 11.4. The molecule has 1 heterocycles. The molecular weight excluding hydrogens is 202 g/mol. The Balaban J connectivity index is 2.09. The van der Waals surface area contributed by atoms with Crippen LogP contribution in [0.3, 0.4) is 0 Å². The second kappa shape index (κ2) is 4.81. The van der Waals surface area contributed by atoms with Gasteiger partial charge in [0.15, 0.2) is 5.75 Å². The average Bonchev–Trinajstić information content (AvgIpc) is 2.78. The van der Waals surface area contributed by atoms with Crippen LogP contribution >= 0.6 is 0 Å². The molecule has 4 heteroatoms. The Hall–Kier alpha value is -1.81. The summed E-state index contributed by atoms with van der Waals surface area (Å²) < 4.78 is 7.46. The van der Waals surface area contributed by atoms with E-state index >= 15 is 0 Å². The maximum absolute atomic E-state index is 5.64. The first-order valence-electron chi connectivity index (χ1n) is 5.24. The highest BCUT2D eigenvalue weighted by atomic mass is 16.5. The SMILES string of the molecule is CNC(C)n1cc(Oc2ccccc2)cn1. The summed E-state index contributed by atoms with van der Waals surface area (Å²) in [6.07, 6.45) is 3.74. The number of hydrogen-bond acceptors (Lipinski definition) is 3. The fourth-order valence-corrected chi connectivity index (χ4v) is 1.34. The lowest BCUT2D eigenvalue weighted by atomic mass is 10.3. The molecule has 16 heavy (non-hydrogen) atoms. The van der Waals surface area contributed by atoms with E-state index in [2.05, 4.69) is 10.4 Å². The highest BCUT2D eigenvalue weighted by molar-refractivity contribution is 5.27. The molecule has 0 spiro atoms. The van der Waals surface area contributed by atoms with Gasteiger partial charge < -0.3 is 4.74 Å². The van der Waals surface area contributed by atoms with Gasteiger partial charge in [-0.05, 0) is 26.1 Å². The fraction of sp³-hybridized carbons (Fsp3) is 0.250. The molecule has 0 amide bonds. The molecule has 0 aliphatic carbocycles. The average molecular weight is 217 g/mol. The largest absolute Gasteiger partial charge is 0.454 e. The summed E-state index contributed by atoms with van der Waals surface area (Å²) >= 11 is 0. The van der Waals surface area contributed by atoms with Gasteiger partial charge in [0, 0.05) is 0 Å². The normalized spacial score (nSPS) is 12.4. The highest BCUT2D eigenvalue weighted by Gasteiger charge is 2.04. The standard InChI is InChI=1S/C12H15N3O/c1-10(13-2)15-9-12(8-14-15)16-11-6-4-3-5-7-11/h3-10,13H,1-2H3. The third kappa shape index (κ3) is 2.41. The molecule has 0 bridgehead atoms. The minimum absolute atomic E-state index is 0.160. The van der Waals surface area contributed by atoms with Gasteiger partial charge in [-0.25, -0.2) is 0 Å². The summed E-state index contributed by atoms with van der Waals surface area (Å²) in [6.45, 7) is 2.03. The fourth-order valence-electron chi connectivity index (χ4n) is 1.34. The number of hydrogen-bond donors (Lipinski definition) is 1. The number of ether oxygens (including phenoxy) is 1. The first kappa shape index (κ1) is 10.7. The lowest BCUT2D eigenvalue weighted by Gasteiger charge is -2.09. The molecule has 2 rings (SSSR count). The maximum atomic E-state index is 5.64. The van der Waals surface area contributed by atoms with Crippen molar-refractivity contribution in [2.45, 2.75) is 13.1 Å². The van der Waals surface area contributed by atoms with Gasteiger partial charge >= 0.3 is 0 Å². The van der Waals surface area contributed by atoms with Crippen molar-refractivity contribution in [2.75, 3.05) is 7.05 Å². The minimum Gasteiger partial charge on any atom is -0.454 e. The van der Waals surface area contributed by atoms with Crippen molar-refractivity contribution < 1.29 is 4.74 Å². The minimum atomic E-state index is 0.160. The van der Waals surface area contributed by atoms with E-state index in [1.54, 1.807) is 6.20 Å². The summed E-state index contributed by atoms with van der Waals surface area (Å²) in [5.41, 5.74) is 0. The van der Waals surface area contributed by atoms with Crippen molar-refractivity contribution >= 4 is 0 Å². The molecular formula is C12H15N3O. The van der Waals surface area contributed by atoms with Crippen molar-refractivity contribution in [3.63, 3.8) is 0 Å². The van der Waals surface area contributed by atoms with Crippen LogP contribution in [0.15, 0.2) is 42.7 Å². The number of nitrogens with one attached hydrogen (secondary N) is 1. The van der Waals surface area contributed by atoms with E-state index in [4.69, 9.17) is 4.74 Å². The van der Waals surface area contributed by atoms with E-state index in [1.165, 1.54) is 0 Å². The van der Waals surface area contributed by atoms with Gasteiger partial charge in [0.1, 0.15) is 5.75 Å². The molecule has 0 radical (unpaired) electrons. The quantitative estimate of drug-likeness (QED) is 0.854. The number of nitrogens with zero attached hydrogens (tertiary/aromatic N) is 2. The van der Waals surface area contributed by atoms with Crippen molar-refractivity contribution in [1.29, 1.82) is 0 Å². The predicted octanol–water partition coefficient (Wildman–Crippen LogP) is 2.41. The summed E-state index contributed by atoms with van der Waals surface area (Å²) in [5, 5.41) is 7.32. The smallest absolute Gasteiger partial charge is 0.165 e. The van der Waals surface area contributed by atoms with E-state index in [0.717, 1.165) is 11.5 Å². The van der Waals surface area contributed by atoms with Crippen LogP contribution in [0.25, 0.3) is 0 Å². The second-order valence-electron chi connectivity index (χ2n) is 3.54. The van der Waals surface area contributed by atoms with Crippen LogP contribution in [-0.2, 0) is 0 Å². The molecule has 4 nitrogen and oxygen atoms in total. The highest BCUT2D eigenvalue weighted by Crippen LogP contribution is 2.20. The van der Waals surface area contributed by atoms with E-state index in [-0.39, 0.29) is 6.17 Å². The van der Waals surface area contributed by atoms with Crippen LogP contribution in [0, 0.1) is 0 Å². The molecule has 0 aliphatic rings. The number of benzene rings is 1. The van der Waals surface area contributed by atoms with Crippen LogP contribution in [0.5, 0.6) is 11.5 Å². The summed E-state index contributed by atoms with van der Waals surface area (Å²) in [5.74, 6) is 1.56. The molecule has 1 aromatic heterocycles. The van der Waals surface area contributed by atoms with Crippen LogP contribution in [0.4, 0.5) is 0 Å². The topological polar surface area (TPSA) is 39.1 Å². The number of rotatable bonds is 4. The summed E-state index contributed by atoms with van der Waals surface area (Å²) in [7, 11) is 1.89. The molecule has 0 saturated carbocycles. The second-order valence-corrected chi connectivity index (χ2v) is 3.54. The molecule has 1 aromatic carbocycles. The number of aromatic nitrogens is 2. The predicted molar refractivity (Wildman–Crippen MR) is 62.5 cm³/mol. The zero-order valence-electron chi connectivity index (χ0n) is 9.42. The van der Waals surface area contributed by atoms with Gasteiger partial charge in [-0.1, -0.05) is 18.2 Å². The molecule has 2 aromatic rings. The Morgan fingerprint density at radius 2 is 2.00 bits per heavy atom. The molecule has 1 atom stereocenters. The van der Waals surface area contributed by atoms with Gasteiger partial charge in [0.25, 0.3) is 0 Å². The van der Waals surface area contributed by atoms with Gasteiger partial charge in [-0.2, -0.15) is 5.10 Å². The summed E-state index contributed by atoms with van der Waals surface area (Å²) in [6, 6.07) is 9.67. The monoisotopic (exact) mass is 217 g/mol. The third-order valence-corrected chi connectivity index (χ3v) is 2.37. The Morgan fingerprint density at radius 1 is 1.25 bits per heavy atom. The van der Waals surface area contributed by atoms with Crippen LogP contribution in [-0.4, -0.2) is 16.8 Å². The molecule has 1 unspecified atom stereocenters. The molecule has 84 valence electrons. The lowest BCUT2D eigenvalue weighted by Crippen LogP contribution is -2.19. The lowest BCUT2D eigenvalue weighted by molar-refractivity contribution is 0.428. The van der Waals surface area contributed by atoms with Crippen molar-refractivity contribution in [3.05, 3.63) is 42.7 Å². The van der Waals surface area contributed by atoms with E-state index in [9.17, 15) is 0 Å². The molecule has 0 aliphatic heterocycles. The number of para-hydroxylation sites is 1. The molecule has 0 fully saturated rings. The Bertz CT molecular complexity index is 439. The molecule has 1 N–H and O–H groups in total. The Morgan fingerprint density at radius 3 is 2.69 bits per heavy atom. The van der Waals surface area contributed by atoms with Crippen molar-refractivity contribution in [2.24, 2.45) is 0 Å². The first-order chi connectivity index (χ1) is 7.79. The zero-order valence-corrected chi connectivity index (χ0v) is 9.42. The third-order valence-electron chi connectivity index (χ3n) is 2.37. The Labute approximate surface area is 94.9 Å². The first-order valence-corrected chi connectivity index (χ1v) is 5.24. The van der Waals surface area contributed by atoms with Crippen molar-refractivity contribution in [1.82, 2.24) is 15.1 Å². The maximum Gasteiger partial charge on any atom is 0.165 e. The van der Waals surface area contributed by atoms with E-state index < -0.39 is 0 Å². The molecule has 0 saturated heterocycles. The van der Waals surface area contributed by atoms with E-state index in [1.807, 2.05) is 55.2 Å². The van der Waals surface area contributed by atoms with Crippen LogP contribution in [0.2, 0.25) is 0 Å². The van der Waals surface area contributed by atoms with Gasteiger partial charge in [-0.3, -0.25) is 10.00 Å². The Kier molecular flexibility index (Phi) is 3.22. The van der Waals surface area contributed by atoms with Crippen LogP contribution < -0.4 is 10.1 Å².